The molecule has 8 heteroatoms. The first-order valence-electron chi connectivity index (χ1n) is 9.66. The molecule has 0 aliphatic carbocycles. The van der Waals surface area contributed by atoms with E-state index in [9.17, 15) is 8.42 Å². The first kappa shape index (κ1) is 21.7. The van der Waals surface area contributed by atoms with E-state index in [1.54, 1.807) is 0 Å². The Balaban J connectivity index is 1.78. The Morgan fingerprint density at radius 1 is 1.26 bits per heavy atom. The molecule has 3 N–H and O–H groups in total. The highest BCUT2D eigenvalue weighted by molar-refractivity contribution is 7.89. The molecule has 2 rings (SSSR count). The molecule has 1 aliphatic heterocycles. The third kappa shape index (κ3) is 8.28. The van der Waals surface area contributed by atoms with Gasteiger partial charge in [0, 0.05) is 26.2 Å². The van der Waals surface area contributed by atoms with Gasteiger partial charge in [-0.2, -0.15) is 0 Å². The molecule has 0 aromatic heterocycles. The van der Waals surface area contributed by atoms with Crippen molar-refractivity contribution in [3.63, 3.8) is 0 Å². The number of benzene rings is 1. The molecule has 0 saturated carbocycles. The summed E-state index contributed by atoms with van der Waals surface area (Å²) in [5.41, 5.74) is 2.34. The van der Waals surface area contributed by atoms with Crippen LogP contribution < -0.4 is 15.4 Å². The smallest absolute Gasteiger partial charge is 0.213 e. The standard InChI is InChI=1S/C19H32N4O3S/c1-3-20-19(22-14-17-9-5-4-8-16(17)2)21-11-13-27(24,25)23-15-18-10-6-7-12-26-18/h4-5,8-9,18,23H,3,6-7,10-15H2,1-2H3,(H2,20,21,22). The Morgan fingerprint density at radius 2 is 2.07 bits per heavy atom. The second kappa shape index (κ2) is 11.3. The molecular formula is C19H32N4O3S. The zero-order valence-corrected chi connectivity index (χ0v) is 17.1. The van der Waals surface area contributed by atoms with Crippen LogP contribution in [0, 0.1) is 6.92 Å². The second-order valence-electron chi connectivity index (χ2n) is 6.70. The van der Waals surface area contributed by atoms with Crippen LogP contribution in [-0.2, 0) is 21.3 Å². The van der Waals surface area contributed by atoms with Crippen molar-refractivity contribution in [2.45, 2.75) is 45.8 Å². The van der Waals surface area contributed by atoms with Crippen molar-refractivity contribution < 1.29 is 13.2 Å². The lowest BCUT2D eigenvalue weighted by Crippen LogP contribution is -2.42. The van der Waals surface area contributed by atoms with Crippen LogP contribution in [0.1, 0.15) is 37.3 Å². The monoisotopic (exact) mass is 396 g/mol. The quantitative estimate of drug-likeness (QED) is 0.435. The Morgan fingerprint density at radius 3 is 2.78 bits per heavy atom. The number of nitrogens with zero attached hydrogens (tertiary/aromatic N) is 1. The summed E-state index contributed by atoms with van der Waals surface area (Å²) < 4.78 is 32.5. The zero-order chi connectivity index (χ0) is 19.5. The van der Waals surface area contributed by atoms with Gasteiger partial charge in [-0.05, 0) is 44.2 Å². The number of aryl methyl sites for hydroxylation is 1. The first-order valence-corrected chi connectivity index (χ1v) is 11.3. The number of hydrogen-bond acceptors (Lipinski definition) is 4. The summed E-state index contributed by atoms with van der Waals surface area (Å²) in [6, 6.07) is 8.10. The largest absolute Gasteiger partial charge is 0.377 e. The molecule has 1 atom stereocenters. The molecule has 1 fully saturated rings. The molecule has 1 unspecified atom stereocenters. The van der Waals surface area contributed by atoms with E-state index >= 15 is 0 Å². The van der Waals surface area contributed by atoms with Gasteiger partial charge in [-0.3, -0.25) is 0 Å². The zero-order valence-electron chi connectivity index (χ0n) is 16.3. The lowest BCUT2D eigenvalue weighted by molar-refractivity contribution is 0.0200. The minimum Gasteiger partial charge on any atom is -0.377 e. The van der Waals surface area contributed by atoms with Crippen LogP contribution in [-0.4, -0.2) is 52.5 Å². The molecule has 1 aliphatic rings. The molecule has 1 saturated heterocycles. The van der Waals surface area contributed by atoms with E-state index in [1.165, 1.54) is 5.56 Å². The fourth-order valence-corrected chi connectivity index (χ4v) is 3.81. The summed E-state index contributed by atoms with van der Waals surface area (Å²) in [5.74, 6) is 0.612. The molecular weight excluding hydrogens is 364 g/mol. The number of hydrogen-bond donors (Lipinski definition) is 3. The predicted molar refractivity (Wildman–Crippen MR) is 109 cm³/mol. The average Bonchev–Trinajstić information content (AvgIpc) is 2.66. The number of rotatable bonds is 9. The second-order valence-corrected chi connectivity index (χ2v) is 8.63. The van der Waals surface area contributed by atoms with Gasteiger partial charge >= 0.3 is 0 Å². The van der Waals surface area contributed by atoms with Gasteiger partial charge in [0.1, 0.15) is 0 Å². The molecule has 1 heterocycles. The van der Waals surface area contributed by atoms with Crippen LogP contribution in [0.15, 0.2) is 29.3 Å². The average molecular weight is 397 g/mol. The van der Waals surface area contributed by atoms with Gasteiger partial charge in [-0.1, -0.05) is 24.3 Å². The van der Waals surface area contributed by atoms with Crippen molar-refractivity contribution in [3.8, 4) is 0 Å². The predicted octanol–water partition coefficient (Wildman–Crippen LogP) is 1.54. The summed E-state index contributed by atoms with van der Waals surface area (Å²) in [6.07, 6.45) is 3.06. The molecule has 152 valence electrons. The fourth-order valence-electron chi connectivity index (χ4n) is 2.86. The van der Waals surface area contributed by atoms with Crippen LogP contribution in [0.5, 0.6) is 0 Å². The molecule has 0 bridgehead atoms. The van der Waals surface area contributed by atoms with Gasteiger partial charge in [0.2, 0.25) is 10.0 Å². The highest BCUT2D eigenvalue weighted by Crippen LogP contribution is 2.11. The van der Waals surface area contributed by atoms with E-state index in [4.69, 9.17) is 4.74 Å². The van der Waals surface area contributed by atoms with Crippen molar-refractivity contribution in [3.05, 3.63) is 35.4 Å². The van der Waals surface area contributed by atoms with Gasteiger partial charge in [-0.15, -0.1) is 0 Å². The van der Waals surface area contributed by atoms with Crippen molar-refractivity contribution in [1.82, 2.24) is 15.4 Å². The first-order chi connectivity index (χ1) is 13.0. The van der Waals surface area contributed by atoms with Gasteiger partial charge in [0.05, 0.1) is 18.4 Å². The van der Waals surface area contributed by atoms with E-state index in [0.717, 1.165) is 31.4 Å². The van der Waals surface area contributed by atoms with E-state index in [0.29, 0.717) is 32.1 Å². The highest BCUT2D eigenvalue weighted by atomic mass is 32.2. The molecule has 7 nitrogen and oxygen atoms in total. The van der Waals surface area contributed by atoms with Crippen LogP contribution in [0.3, 0.4) is 0 Å². The molecule has 0 amide bonds. The number of sulfonamides is 1. The molecule has 27 heavy (non-hydrogen) atoms. The Hall–Kier alpha value is -1.64. The number of ether oxygens (including phenoxy) is 1. The van der Waals surface area contributed by atoms with Crippen LogP contribution in [0.4, 0.5) is 0 Å². The Bertz CT molecular complexity index is 701. The van der Waals surface area contributed by atoms with Crippen LogP contribution >= 0.6 is 0 Å². The van der Waals surface area contributed by atoms with E-state index < -0.39 is 10.0 Å². The Kier molecular flexibility index (Phi) is 9.03. The van der Waals surface area contributed by atoms with E-state index in [1.807, 2.05) is 25.1 Å². The summed E-state index contributed by atoms with van der Waals surface area (Å²) in [6.45, 7) is 6.66. The van der Waals surface area contributed by atoms with Crippen LogP contribution in [0.25, 0.3) is 0 Å². The maximum Gasteiger partial charge on any atom is 0.213 e. The lowest BCUT2D eigenvalue weighted by atomic mass is 10.1. The van der Waals surface area contributed by atoms with Gasteiger partial charge in [-0.25, -0.2) is 18.1 Å². The van der Waals surface area contributed by atoms with Crippen molar-refractivity contribution in [2.24, 2.45) is 4.99 Å². The van der Waals surface area contributed by atoms with E-state index in [2.05, 4.69) is 33.3 Å². The topological polar surface area (TPSA) is 91.8 Å². The number of guanidine groups is 1. The third-order valence-electron chi connectivity index (χ3n) is 4.48. The number of aliphatic imine (C=N–C) groups is 1. The highest BCUT2D eigenvalue weighted by Gasteiger charge is 2.17. The lowest BCUT2D eigenvalue weighted by Gasteiger charge is -2.22. The summed E-state index contributed by atoms with van der Waals surface area (Å²) in [4.78, 5) is 4.54. The van der Waals surface area contributed by atoms with Gasteiger partial charge in [0.25, 0.3) is 0 Å². The van der Waals surface area contributed by atoms with Crippen molar-refractivity contribution in [1.29, 1.82) is 0 Å². The molecule has 1 aromatic rings. The van der Waals surface area contributed by atoms with E-state index in [-0.39, 0.29) is 11.9 Å². The SMILES string of the molecule is CCNC(=NCc1ccccc1C)NCCS(=O)(=O)NCC1CCCCO1. The normalized spacial score (nSPS) is 18.3. The summed E-state index contributed by atoms with van der Waals surface area (Å²) in [7, 11) is -3.34. The third-order valence-corrected chi connectivity index (χ3v) is 5.83. The molecule has 0 radical (unpaired) electrons. The minimum absolute atomic E-state index is 0.00511. The fraction of sp³-hybridized carbons (Fsp3) is 0.632. The maximum absolute atomic E-state index is 12.2. The van der Waals surface area contributed by atoms with Crippen molar-refractivity contribution >= 4 is 16.0 Å². The summed E-state index contributed by atoms with van der Waals surface area (Å²) >= 11 is 0. The van der Waals surface area contributed by atoms with Gasteiger partial charge in [0.15, 0.2) is 5.96 Å². The van der Waals surface area contributed by atoms with Gasteiger partial charge < -0.3 is 15.4 Å². The van der Waals surface area contributed by atoms with Crippen LogP contribution in [0.2, 0.25) is 0 Å². The summed E-state index contributed by atoms with van der Waals surface area (Å²) in [5, 5.41) is 6.24. The molecule has 1 aromatic carbocycles. The number of nitrogens with one attached hydrogen (secondary N) is 3. The maximum atomic E-state index is 12.2. The van der Waals surface area contributed by atoms with Crippen molar-refractivity contribution in [2.75, 3.05) is 32.0 Å². The Labute approximate surface area is 163 Å². The minimum atomic E-state index is -3.34. The molecule has 0 spiro atoms.